The van der Waals surface area contributed by atoms with Crippen LogP contribution in [0.15, 0.2) is 78.9 Å². The zero-order valence-electron chi connectivity index (χ0n) is 17.6. The van der Waals surface area contributed by atoms with Crippen molar-refractivity contribution < 1.29 is 19.1 Å². The number of benzene rings is 3. The van der Waals surface area contributed by atoms with Crippen molar-refractivity contribution in [1.82, 2.24) is 0 Å². The number of carbonyl (C=O) groups excluding carboxylic acids is 2. The Bertz CT molecular complexity index is 1020. The first-order valence-corrected chi connectivity index (χ1v) is 10.1. The molecule has 0 unspecified atom stereocenters. The molecule has 6 nitrogen and oxygen atoms in total. The first-order chi connectivity index (χ1) is 15.0. The van der Waals surface area contributed by atoms with E-state index in [2.05, 4.69) is 10.6 Å². The minimum absolute atomic E-state index is 0.252. The van der Waals surface area contributed by atoms with E-state index < -0.39 is 6.09 Å². The van der Waals surface area contributed by atoms with E-state index >= 15 is 0 Å². The molecule has 0 aliphatic carbocycles. The molecule has 3 rings (SSSR count). The Kier molecular flexibility index (Phi) is 7.65. The van der Waals surface area contributed by atoms with Gasteiger partial charge in [0.1, 0.15) is 12.4 Å². The summed E-state index contributed by atoms with van der Waals surface area (Å²) in [6.45, 7) is 4.54. The average Bonchev–Trinajstić information content (AvgIpc) is 2.77. The van der Waals surface area contributed by atoms with Gasteiger partial charge in [0, 0.05) is 22.5 Å². The Morgan fingerprint density at radius 3 is 2.26 bits per heavy atom. The van der Waals surface area contributed by atoms with E-state index in [4.69, 9.17) is 9.47 Å². The molecule has 0 radical (unpaired) electrons. The second kappa shape index (κ2) is 10.8. The largest absolute Gasteiger partial charge is 0.489 e. The number of hydrogen-bond donors (Lipinski definition) is 2. The minimum atomic E-state index is -0.527. The van der Waals surface area contributed by atoms with Crippen LogP contribution in [0.5, 0.6) is 5.75 Å². The van der Waals surface area contributed by atoms with E-state index in [1.165, 1.54) is 0 Å². The van der Waals surface area contributed by atoms with Gasteiger partial charge in [0.15, 0.2) is 0 Å². The minimum Gasteiger partial charge on any atom is -0.489 e. The maximum absolute atomic E-state index is 12.9. The van der Waals surface area contributed by atoms with Gasteiger partial charge < -0.3 is 14.8 Å². The molecular formula is C25H26N2O4. The highest BCUT2D eigenvalue weighted by atomic mass is 16.5. The van der Waals surface area contributed by atoms with Crippen molar-refractivity contribution in [2.24, 2.45) is 5.92 Å². The Labute approximate surface area is 182 Å². The van der Waals surface area contributed by atoms with Crippen LogP contribution in [0.3, 0.4) is 0 Å². The molecule has 0 bridgehead atoms. The fourth-order valence-corrected chi connectivity index (χ4v) is 2.81. The SMILES string of the molecule is CC(C)COC(=O)Nc1cccc(NC(=O)c2ccccc2COc2ccccc2)c1. The van der Waals surface area contributed by atoms with Crippen LogP contribution in [0, 0.1) is 5.92 Å². The molecule has 0 fully saturated rings. The number of ether oxygens (including phenoxy) is 2. The Morgan fingerprint density at radius 1 is 0.839 bits per heavy atom. The molecule has 0 aliphatic heterocycles. The average molecular weight is 418 g/mol. The summed E-state index contributed by atoms with van der Waals surface area (Å²) in [6, 6.07) is 23.7. The quantitative estimate of drug-likeness (QED) is 0.490. The molecule has 0 aromatic heterocycles. The molecular weight excluding hydrogens is 392 g/mol. The Hall–Kier alpha value is -3.80. The highest BCUT2D eigenvalue weighted by Gasteiger charge is 2.13. The van der Waals surface area contributed by atoms with E-state index in [0.29, 0.717) is 23.5 Å². The molecule has 0 spiro atoms. The smallest absolute Gasteiger partial charge is 0.411 e. The molecule has 0 saturated carbocycles. The van der Waals surface area contributed by atoms with E-state index in [9.17, 15) is 9.59 Å². The number of carbonyl (C=O) groups is 2. The van der Waals surface area contributed by atoms with Gasteiger partial charge in [-0.1, -0.05) is 56.3 Å². The second-order valence-electron chi connectivity index (χ2n) is 7.41. The van der Waals surface area contributed by atoms with Crippen molar-refractivity contribution in [3.8, 4) is 5.75 Å². The summed E-state index contributed by atoms with van der Waals surface area (Å²) >= 11 is 0. The third-order valence-corrected chi connectivity index (χ3v) is 4.31. The van der Waals surface area contributed by atoms with E-state index in [-0.39, 0.29) is 18.4 Å². The number of rotatable bonds is 8. The lowest BCUT2D eigenvalue weighted by Gasteiger charge is -2.13. The maximum Gasteiger partial charge on any atom is 0.411 e. The van der Waals surface area contributed by atoms with Crippen LogP contribution >= 0.6 is 0 Å². The summed E-state index contributed by atoms with van der Waals surface area (Å²) in [4.78, 5) is 24.7. The number of amides is 2. The summed E-state index contributed by atoms with van der Waals surface area (Å²) in [5.41, 5.74) is 2.39. The Balaban J connectivity index is 1.64. The zero-order valence-corrected chi connectivity index (χ0v) is 17.6. The first-order valence-electron chi connectivity index (χ1n) is 10.1. The van der Waals surface area contributed by atoms with Gasteiger partial charge in [0.05, 0.1) is 6.61 Å². The number of para-hydroxylation sites is 1. The lowest BCUT2D eigenvalue weighted by Crippen LogP contribution is -2.17. The fourth-order valence-electron chi connectivity index (χ4n) is 2.81. The van der Waals surface area contributed by atoms with E-state index in [0.717, 1.165) is 11.3 Å². The van der Waals surface area contributed by atoms with Crippen LogP contribution in [0.1, 0.15) is 29.8 Å². The molecule has 0 saturated heterocycles. The van der Waals surface area contributed by atoms with Crippen LogP contribution in [-0.4, -0.2) is 18.6 Å². The monoisotopic (exact) mass is 418 g/mol. The summed E-state index contributed by atoms with van der Waals surface area (Å²) in [6.07, 6.45) is -0.527. The van der Waals surface area contributed by atoms with Crippen LogP contribution in [-0.2, 0) is 11.3 Å². The van der Waals surface area contributed by atoms with E-state index in [1.807, 2.05) is 62.4 Å². The van der Waals surface area contributed by atoms with Crippen molar-refractivity contribution in [2.45, 2.75) is 20.5 Å². The molecule has 6 heteroatoms. The van der Waals surface area contributed by atoms with Crippen LogP contribution in [0.2, 0.25) is 0 Å². The molecule has 3 aromatic carbocycles. The van der Waals surface area contributed by atoms with E-state index in [1.54, 1.807) is 30.3 Å². The number of hydrogen-bond acceptors (Lipinski definition) is 4. The highest BCUT2D eigenvalue weighted by molar-refractivity contribution is 6.05. The normalized spacial score (nSPS) is 10.4. The molecule has 2 N–H and O–H groups in total. The van der Waals surface area contributed by atoms with Gasteiger partial charge in [-0.3, -0.25) is 10.1 Å². The third-order valence-electron chi connectivity index (χ3n) is 4.31. The van der Waals surface area contributed by atoms with Crippen molar-refractivity contribution in [2.75, 3.05) is 17.2 Å². The van der Waals surface area contributed by atoms with Gasteiger partial charge in [0.2, 0.25) is 0 Å². The molecule has 2 amide bonds. The lowest BCUT2D eigenvalue weighted by atomic mass is 10.1. The highest BCUT2D eigenvalue weighted by Crippen LogP contribution is 2.19. The van der Waals surface area contributed by atoms with Crippen LogP contribution < -0.4 is 15.4 Å². The van der Waals surface area contributed by atoms with Gasteiger partial charge in [-0.2, -0.15) is 0 Å². The summed E-state index contributed by atoms with van der Waals surface area (Å²) in [7, 11) is 0. The molecule has 0 aliphatic rings. The van der Waals surface area contributed by atoms with Crippen molar-refractivity contribution in [3.05, 3.63) is 90.0 Å². The first kappa shape index (κ1) is 21.9. The van der Waals surface area contributed by atoms with Gasteiger partial charge in [-0.15, -0.1) is 0 Å². The standard InChI is InChI=1S/C25H26N2O4/c1-18(2)16-31-25(29)27-21-11-8-10-20(15-21)26-24(28)23-14-7-6-9-19(23)17-30-22-12-4-3-5-13-22/h3-15,18H,16-17H2,1-2H3,(H,26,28)(H,27,29). The third kappa shape index (κ3) is 6.89. The summed E-state index contributed by atoms with van der Waals surface area (Å²) in [5, 5.41) is 5.54. The number of nitrogens with one attached hydrogen (secondary N) is 2. The Morgan fingerprint density at radius 2 is 1.52 bits per heavy atom. The predicted octanol–water partition coefficient (Wildman–Crippen LogP) is 5.72. The van der Waals surface area contributed by atoms with Gasteiger partial charge in [-0.05, 0) is 42.3 Å². The molecule has 0 heterocycles. The van der Waals surface area contributed by atoms with Gasteiger partial charge in [0.25, 0.3) is 5.91 Å². The van der Waals surface area contributed by atoms with Crippen molar-refractivity contribution >= 4 is 23.4 Å². The fraction of sp³-hybridized carbons (Fsp3) is 0.200. The second-order valence-corrected chi connectivity index (χ2v) is 7.41. The molecule has 160 valence electrons. The molecule has 0 atom stereocenters. The summed E-state index contributed by atoms with van der Waals surface area (Å²) in [5.74, 6) is 0.731. The molecule has 31 heavy (non-hydrogen) atoms. The number of anilines is 2. The summed E-state index contributed by atoms with van der Waals surface area (Å²) < 4.78 is 10.9. The van der Waals surface area contributed by atoms with Gasteiger partial charge in [-0.25, -0.2) is 4.79 Å². The molecule has 3 aromatic rings. The van der Waals surface area contributed by atoms with Crippen LogP contribution in [0.25, 0.3) is 0 Å². The predicted molar refractivity (Wildman–Crippen MR) is 121 cm³/mol. The topological polar surface area (TPSA) is 76.7 Å². The maximum atomic E-state index is 12.9. The van der Waals surface area contributed by atoms with Crippen LogP contribution in [0.4, 0.5) is 16.2 Å². The lowest BCUT2D eigenvalue weighted by molar-refractivity contribution is 0.102. The van der Waals surface area contributed by atoms with Gasteiger partial charge >= 0.3 is 6.09 Å². The van der Waals surface area contributed by atoms with Crippen molar-refractivity contribution in [1.29, 1.82) is 0 Å². The van der Waals surface area contributed by atoms with Crippen molar-refractivity contribution in [3.63, 3.8) is 0 Å². The zero-order chi connectivity index (χ0) is 22.1.